The summed E-state index contributed by atoms with van der Waals surface area (Å²) < 4.78 is 10.5. The number of ether oxygens (including phenoxy) is 1. The second-order valence-corrected chi connectivity index (χ2v) is 3.90. The highest BCUT2D eigenvalue weighted by Gasteiger charge is 2.15. The number of furan rings is 1. The van der Waals surface area contributed by atoms with Crippen molar-refractivity contribution in [2.75, 3.05) is 0 Å². The van der Waals surface area contributed by atoms with Crippen LogP contribution in [0.15, 0.2) is 41.0 Å². The van der Waals surface area contributed by atoms with Gasteiger partial charge in [-0.25, -0.2) is 5.84 Å². The van der Waals surface area contributed by atoms with E-state index in [0.717, 1.165) is 0 Å². The zero-order chi connectivity index (χ0) is 14.5. The number of nitrogens with two attached hydrogens (primary N) is 2. The number of hydrogen-bond acceptors (Lipinski definition) is 5. The van der Waals surface area contributed by atoms with E-state index in [1.165, 1.54) is 6.26 Å². The number of carbonyl (C=O) groups is 2. The van der Waals surface area contributed by atoms with Crippen LogP contribution in [-0.2, 0) is 6.61 Å². The van der Waals surface area contributed by atoms with Crippen LogP contribution in [0.2, 0.25) is 0 Å². The molecule has 0 radical (unpaired) electrons. The number of nitrogens with one attached hydrogen (secondary N) is 1. The van der Waals surface area contributed by atoms with Crippen molar-refractivity contribution in [3.05, 3.63) is 53.5 Å². The van der Waals surface area contributed by atoms with Gasteiger partial charge in [0.15, 0.2) is 5.76 Å². The minimum atomic E-state index is -0.590. The van der Waals surface area contributed by atoms with Crippen molar-refractivity contribution in [3.63, 3.8) is 0 Å². The van der Waals surface area contributed by atoms with Crippen molar-refractivity contribution in [2.24, 2.45) is 11.6 Å². The Morgan fingerprint density at radius 3 is 2.70 bits per heavy atom. The molecule has 5 N–H and O–H groups in total. The highest BCUT2D eigenvalue weighted by Crippen LogP contribution is 2.20. The fourth-order valence-corrected chi connectivity index (χ4v) is 1.67. The van der Waals surface area contributed by atoms with E-state index >= 15 is 0 Å². The van der Waals surface area contributed by atoms with Gasteiger partial charge in [-0.05, 0) is 18.2 Å². The lowest BCUT2D eigenvalue weighted by molar-refractivity contribution is 0.0920. The Bertz CT molecular complexity index is 636. The molecule has 0 spiro atoms. The normalized spacial score (nSPS) is 10.1. The van der Waals surface area contributed by atoms with Gasteiger partial charge in [-0.3, -0.25) is 15.0 Å². The minimum Gasteiger partial charge on any atom is -0.488 e. The lowest BCUT2D eigenvalue weighted by atomic mass is 10.2. The third-order valence-corrected chi connectivity index (χ3v) is 2.62. The third kappa shape index (κ3) is 2.78. The van der Waals surface area contributed by atoms with Gasteiger partial charge in [-0.2, -0.15) is 0 Å². The molecule has 20 heavy (non-hydrogen) atoms. The zero-order valence-electron chi connectivity index (χ0n) is 10.5. The van der Waals surface area contributed by atoms with Crippen molar-refractivity contribution in [1.29, 1.82) is 0 Å². The lowest BCUT2D eigenvalue weighted by Crippen LogP contribution is -2.30. The molecule has 0 atom stereocenters. The Labute approximate surface area is 114 Å². The van der Waals surface area contributed by atoms with Crippen LogP contribution >= 0.6 is 0 Å². The number of benzene rings is 1. The first-order valence-electron chi connectivity index (χ1n) is 5.72. The summed E-state index contributed by atoms with van der Waals surface area (Å²) in [6, 6.07) is 8.14. The average Bonchev–Trinajstić information content (AvgIpc) is 2.92. The molecule has 0 unspecified atom stereocenters. The summed E-state index contributed by atoms with van der Waals surface area (Å²) in [6.07, 6.45) is 1.35. The number of primary amides is 1. The summed E-state index contributed by atoms with van der Waals surface area (Å²) in [5, 5.41) is 0. The maximum Gasteiger partial charge on any atom is 0.301 e. The molecule has 7 nitrogen and oxygen atoms in total. The van der Waals surface area contributed by atoms with Gasteiger partial charge in [0.05, 0.1) is 11.8 Å². The minimum absolute atomic E-state index is 0.0452. The van der Waals surface area contributed by atoms with Crippen molar-refractivity contribution in [2.45, 2.75) is 6.61 Å². The van der Waals surface area contributed by atoms with Gasteiger partial charge in [0.1, 0.15) is 12.4 Å². The highest BCUT2D eigenvalue weighted by atomic mass is 16.5. The predicted molar refractivity (Wildman–Crippen MR) is 69.7 cm³/mol. The largest absolute Gasteiger partial charge is 0.488 e. The standard InChI is InChI=1S/C13H13N3O4/c14-12(17)9-3-1-2-4-10(9)20-7-8-5-6-19-11(8)13(18)16-15/h1-6H,7,15H2,(H2,14,17)(H,16,18). The molecule has 1 aromatic carbocycles. The van der Waals surface area contributed by atoms with Crippen molar-refractivity contribution < 1.29 is 18.7 Å². The van der Waals surface area contributed by atoms with Crippen LogP contribution in [0, 0.1) is 0 Å². The zero-order valence-corrected chi connectivity index (χ0v) is 10.5. The number of para-hydroxylation sites is 1. The maximum absolute atomic E-state index is 11.4. The van der Waals surface area contributed by atoms with Gasteiger partial charge in [0, 0.05) is 5.56 Å². The van der Waals surface area contributed by atoms with E-state index in [0.29, 0.717) is 11.3 Å². The van der Waals surface area contributed by atoms with Crippen molar-refractivity contribution in [3.8, 4) is 5.75 Å². The topological polar surface area (TPSA) is 121 Å². The Hall–Kier alpha value is -2.80. The van der Waals surface area contributed by atoms with Gasteiger partial charge in [0.25, 0.3) is 5.91 Å². The van der Waals surface area contributed by atoms with Crippen LogP contribution in [0.1, 0.15) is 26.5 Å². The number of rotatable bonds is 5. The number of hydrogen-bond donors (Lipinski definition) is 3. The van der Waals surface area contributed by atoms with Crippen molar-refractivity contribution in [1.82, 2.24) is 5.43 Å². The SMILES string of the molecule is NNC(=O)c1occc1COc1ccccc1C(N)=O. The Morgan fingerprint density at radius 1 is 1.25 bits per heavy atom. The molecule has 0 saturated heterocycles. The van der Waals surface area contributed by atoms with Crippen LogP contribution in [-0.4, -0.2) is 11.8 Å². The first-order valence-corrected chi connectivity index (χ1v) is 5.72. The number of carbonyl (C=O) groups excluding carboxylic acids is 2. The molecule has 0 aliphatic rings. The molecule has 0 fully saturated rings. The molecule has 0 aliphatic heterocycles. The summed E-state index contributed by atoms with van der Waals surface area (Å²) in [4.78, 5) is 22.7. The highest BCUT2D eigenvalue weighted by molar-refractivity contribution is 5.95. The molecule has 2 aromatic rings. The monoisotopic (exact) mass is 275 g/mol. The van der Waals surface area contributed by atoms with Crippen LogP contribution in [0.5, 0.6) is 5.75 Å². The van der Waals surface area contributed by atoms with Crippen LogP contribution in [0.25, 0.3) is 0 Å². The molecule has 0 bridgehead atoms. The molecule has 1 aromatic heterocycles. The molecule has 104 valence electrons. The molecule has 1 heterocycles. The Morgan fingerprint density at radius 2 is 2.00 bits per heavy atom. The smallest absolute Gasteiger partial charge is 0.301 e. The first-order chi connectivity index (χ1) is 9.63. The summed E-state index contributed by atoms with van der Waals surface area (Å²) in [7, 11) is 0. The van der Waals surface area contributed by atoms with E-state index in [9.17, 15) is 9.59 Å². The maximum atomic E-state index is 11.4. The lowest BCUT2D eigenvalue weighted by Gasteiger charge is -2.09. The second-order valence-electron chi connectivity index (χ2n) is 3.90. The summed E-state index contributed by atoms with van der Waals surface area (Å²) in [5.41, 5.74) is 7.99. The van der Waals surface area contributed by atoms with E-state index in [1.807, 2.05) is 5.43 Å². The number of nitrogen functional groups attached to an aromatic ring is 1. The van der Waals surface area contributed by atoms with Crippen LogP contribution < -0.4 is 21.7 Å². The third-order valence-electron chi connectivity index (χ3n) is 2.62. The van der Waals surface area contributed by atoms with E-state index in [2.05, 4.69) is 0 Å². The molecule has 7 heteroatoms. The number of hydrazine groups is 1. The molecular weight excluding hydrogens is 262 g/mol. The van der Waals surface area contributed by atoms with Gasteiger partial charge >= 0.3 is 5.91 Å². The second kappa shape index (κ2) is 5.89. The van der Waals surface area contributed by atoms with Gasteiger partial charge < -0.3 is 14.9 Å². The van der Waals surface area contributed by atoms with E-state index in [-0.39, 0.29) is 17.9 Å². The fraction of sp³-hybridized carbons (Fsp3) is 0.0769. The quantitative estimate of drug-likeness (QED) is 0.418. The Kier molecular flexibility index (Phi) is 4.02. The molecule has 0 saturated carbocycles. The molecule has 2 rings (SSSR count). The Balaban J connectivity index is 2.16. The average molecular weight is 275 g/mol. The van der Waals surface area contributed by atoms with E-state index in [4.69, 9.17) is 20.7 Å². The van der Waals surface area contributed by atoms with Crippen LogP contribution in [0.3, 0.4) is 0 Å². The fourth-order valence-electron chi connectivity index (χ4n) is 1.67. The van der Waals surface area contributed by atoms with Crippen molar-refractivity contribution >= 4 is 11.8 Å². The molecule has 0 aliphatic carbocycles. The predicted octanol–water partition coefficient (Wildman–Crippen LogP) is 0.561. The summed E-state index contributed by atoms with van der Waals surface area (Å²) in [6.45, 7) is 0.0452. The number of amides is 2. The van der Waals surface area contributed by atoms with Gasteiger partial charge in [-0.1, -0.05) is 12.1 Å². The first kappa shape index (κ1) is 13.6. The van der Waals surface area contributed by atoms with E-state index in [1.54, 1.807) is 30.3 Å². The van der Waals surface area contributed by atoms with E-state index < -0.39 is 11.8 Å². The molecule has 2 amide bonds. The molecular formula is C13H13N3O4. The van der Waals surface area contributed by atoms with Gasteiger partial charge in [-0.15, -0.1) is 0 Å². The van der Waals surface area contributed by atoms with Crippen LogP contribution in [0.4, 0.5) is 0 Å². The summed E-state index contributed by atoms with van der Waals surface area (Å²) >= 11 is 0. The summed E-state index contributed by atoms with van der Waals surface area (Å²) in [5.74, 6) is 4.29. The van der Waals surface area contributed by atoms with Gasteiger partial charge in [0.2, 0.25) is 0 Å².